The van der Waals surface area contributed by atoms with Gasteiger partial charge in [-0.2, -0.15) is 0 Å². The number of rotatable bonds is 6. The fraction of sp³-hybridized carbons (Fsp3) is 0.296. The lowest BCUT2D eigenvalue weighted by molar-refractivity contribution is 0.546. The minimum absolute atomic E-state index is 0.0606. The van der Waals surface area contributed by atoms with Crippen molar-refractivity contribution < 1.29 is 16.8 Å². The van der Waals surface area contributed by atoms with Crippen LogP contribution >= 0.6 is 0 Å². The predicted molar refractivity (Wildman–Crippen MR) is 147 cm³/mol. The van der Waals surface area contributed by atoms with Crippen molar-refractivity contribution in [3.8, 4) is 0 Å². The Morgan fingerprint density at radius 3 is 2.28 bits per heavy atom. The van der Waals surface area contributed by atoms with Crippen LogP contribution in [0, 0.1) is 20.8 Å². The monoisotopic (exact) mass is 564 g/mol. The molecule has 0 amide bonds. The van der Waals surface area contributed by atoms with Crippen LogP contribution in [0.1, 0.15) is 47.7 Å². The van der Waals surface area contributed by atoms with Crippen LogP contribution in [0.3, 0.4) is 0 Å². The van der Waals surface area contributed by atoms with Gasteiger partial charge < -0.3 is 0 Å². The molecule has 12 heteroatoms. The molecule has 3 aromatic heterocycles. The third-order valence-corrected chi connectivity index (χ3v) is 10.4. The first kappa shape index (κ1) is 25.7. The molecule has 0 spiro atoms. The average molecular weight is 565 g/mol. The maximum Gasteiger partial charge on any atom is 0.269 e. The molecule has 0 saturated heterocycles. The van der Waals surface area contributed by atoms with Crippen LogP contribution in [0.25, 0.3) is 16.8 Å². The number of hydrogen-bond acceptors (Lipinski definition) is 7. The summed E-state index contributed by atoms with van der Waals surface area (Å²) in [5, 5.41) is 8.69. The molecule has 202 valence electrons. The molecule has 1 N–H and O–H groups in total. The van der Waals surface area contributed by atoms with Gasteiger partial charge >= 0.3 is 0 Å². The van der Waals surface area contributed by atoms with Crippen LogP contribution in [0.5, 0.6) is 0 Å². The Morgan fingerprint density at radius 1 is 0.846 bits per heavy atom. The summed E-state index contributed by atoms with van der Waals surface area (Å²) in [6, 6.07) is 13.4. The zero-order chi connectivity index (χ0) is 27.5. The molecule has 1 saturated carbocycles. The summed E-state index contributed by atoms with van der Waals surface area (Å²) >= 11 is 0. The van der Waals surface area contributed by atoms with Crippen LogP contribution < -0.4 is 4.72 Å². The van der Waals surface area contributed by atoms with Gasteiger partial charge in [-0.25, -0.2) is 30.5 Å². The summed E-state index contributed by atoms with van der Waals surface area (Å²) in [4.78, 5) is 4.84. The molecule has 2 aromatic carbocycles. The Kier molecular flexibility index (Phi) is 6.08. The van der Waals surface area contributed by atoms with Crippen molar-refractivity contribution in [3.05, 3.63) is 83.4 Å². The van der Waals surface area contributed by atoms with Gasteiger partial charge in [-0.3, -0.25) is 4.40 Å². The summed E-state index contributed by atoms with van der Waals surface area (Å²) < 4.78 is 58.8. The molecule has 1 aliphatic carbocycles. The second-order valence-electron chi connectivity index (χ2n) is 10.3. The molecular weight excluding hydrogens is 536 g/mol. The summed E-state index contributed by atoms with van der Waals surface area (Å²) in [6.45, 7) is 5.65. The van der Waals surface area contributed by atoms with Crippen molar-refractivity contribution in [2.45, 2.75) is 61.8 Å². The molecule has 0 radical (unpaired) electrons. The second-order valence-corrected chi connectivity index (χ2v) is 13.8. The van der Waals surface area contributed by atoms with Gasteiger partial charge in [0.05, 0.1) is 21.5 Å². The van der Waals surface area contributed by atoms with Crippen molar-refractivity contribution >= 4 is 36.9 Å². The van der Waals surface area contributed by atoms with E-state index in [1.165, 1.54) is 16.4 Å². The van der Waals surface area contributed by atoms with Crippen molar-refractivity contribution in [1.82, 2.24) is 28.3 Å². The molecule has 0 unspecified atom stereocenters. The highest BCUT2D eigenvalue weighted by molar-refractivity contribution is 7.90. The Bertz CT molecular complexity index is 1920. The van der Waals surface area contributed by atoms with Crippen LogP contribution in [0.15, 0.2) is 70.7 Å². The van der Waals surface area contributed by atoms with Gasteiger partial charge in [0, 0.05) is 18.2 Å². The number of benzene rings is 2. The smallest absolute Gasteiger partial charge is 0.269 e. The SMILES string of the molecule is Cc1ccc(S(=O)(=O)n2ccc3c2ncc2nnc([C@@H]4CC[C@H](NS(=O)(=O)c5cc(C)cc(C)c5)C4)n23)cc1. The Hall–Kier alpha value is -3.61. The topological polar surface area (TPSA) is 128 Å². The van der Waals surface area contributed by atoms with E-state index in [4.69, 9.17) is 0 Å². The number of fused-ring (bicyclic) bond motifs is 3. The van der Waals surface area contributed by atoms with Crippen molar-refractivity contribution in [1.29, 1.82) is 0 Å². The summed E-state index contributed by atoms with van der Waals surface area (Å²) in [6.07, 6.45) is 4.92. The quantitative estimate of drug-likeness (QED) is 0.332. The van der Waals surface area contributed by atoms with Gasteiger partial charge in [0.2, 0.25) is 10.0 Å². The minimum Gasteiger partial charge on any atom is -0.274 e. The van der Waals surface area contributed by atoms with E-state index in [-0.39, 0.29) is 27.4 Å². The van der Waals surface area contributed by atoms with E-state index >= 15 is 0 Å². The maximum atomic E-state index is 13.4. The third-order valence-electron chi connectivity index (χ3n) is 7.26. The molecule has 1 fully saturated rings. The zero-order valence-corrected chi connectivity index (χ0v) is 23.4. The van der Waals surface area contributed by atoms with E-state index in [9.17, 15) is 16.8 Å². The first-order valence-electron chi connectivity index (χ1n) is 12.7. The van der Waals surface area contributed by atoms with Gasteiger partial charge in [0.1, 0.15) is 5.82 Å². The van der Waals surface area contributed by atoms with E-state index in [2.05, 4.69) is 19.9 Å². The van der Waals surface area contributed by atoms with E-state index < -0.39 is 20.0 Å². The zero-order valence-electron chi connectivity index (χ0n) is 21.7. The number of sulfonamides is 1. The van der Waals surface area contributed by atoms with Crippen LogP contribution in [0.2, 0.25) is 0 Å². The lowest BCUT2D eigenvalue weighted by atomic mass is 10.1. The number of aromatic nitrogens is 5. The van der Waals surface area contributed by atoms with Gasteiger partial charge in [-0.15, -0.1) is 10.2 Å². The molecule has 1 aliphatic rings. The van der Waals surface area contributed by atoms with Crippen molar-refractivity contribution in [3.63, 3.8) is 0 Å². The minimum atomic E-state index is -3.86. The molecule has 2 atom stereocenters. The van der Waals surface area contributed by atoms with Gasteiger partial charge in [0.15, 0.2) is 11.3 Å². The van der Waals surface area contributed by atoms with Crippen molar-refractivity contribution in [2.24, 2.45) is 0 Å². The lowest BCUT2D eigenvalue weighted by Crippen LogP contribution is -2.33. The first-order valence-corrected chi connectivity index (χ1v) is 15.6. The second kappa shape index (κ2) is 9.25. The van der Waals surface area contributed by atoms with E-state index in [1.807, 2.05) is 31.2 Å². The Balaban J connectivity index is 1.31. The number of nitrogens with one attached hydrogen (secondary N) is 1. The standard InChI is InChI=1S/C27H28N6O4S2/c1-17-4-8-22(9-5-17)39(36,37)32-11-10-24-27(32)28-16-25-29-30-26(33(24)25)20-6-7-21(15-20)31-38(34,35)23-13-18(2)12-19(3)14-23/h4-5,8-14,16,20-21,31H,6-7,15H2,1-3H3/t20-,21+/m1/s1. The molecule has 0 bridgehead atoms. The molecule has 5 aromatic rings. The number of hydrogen-bond donors (Lipinski definition) is 1. The number of aryl methyl sites for hydroxylation is 3. The number of nitrogens with zero attached hydrogens (tertiary/aromatic N) is 5. The normalized spacial score (nSPS) is 18.3. The van der Waals surface area contributed by atoms with Crippen LogP contribution in [-0.4, -0.2) is 46.4 Å². The molecule has 10 nitrogen and oxygen atoms in total. The largest absolute Gasteiger partial charge is 0.274 e. The highest BCUT2D eigenvalue weighted by atomic mass is 32.2. The highest BCUT2D eigenvalue weighted by Crippen LogP contribution is 2.35. The average Bonchev–Trinajstić information content (AvgIpc) is 3.61. The van der Waals surface area contributed by atoms with Gasteiger partial charge in [0.25, 0.3) is 10.0 Å². The highest BCUT2D eigenvalue weighted by Gasteiger charge is 2.33. The van der Waals surface area contributed by atoms with E-state index in [0.29, 0.717) is 36.3 Å². The van der Waals surface area contributed by atoms with E-state index in [0.717, 1.165) is 16.7 Å². The fourth-order valence-electron chi connectivity index (χ4n) is 5.43. The molecule has 39 heavy (non-hydrogen) atoms. The summed E-state index contributed by atoms with van der Waals surface area (Å²) in [5.74, 6) is 0.602. The maximum absolute atomic E-state index is 13.4. The van der Waals surface area contributed by atoms with Gasteiger partial charge in [-0.05, 0) is 81.5 Å². The molecular formula is C27H28N6O4S2. The first-order chi connectivity index (χ1) is 18.5. The van der Waals surface area contributed by atoms with Gasteiger partial charge in [-0.1, -0.05) is 23.8 Å². The lowest BCUT2D eigenvalue weighted by Gasteiger charge is -2.14. The van der Waals surface area contributed by atoms with Crippen LogP contribution in [-0.2, 0) is 20.0 Å². The summed E-state index contributed by atoms with van der Waals surface area (Å²) in [7, 11) is -7.53. The predicted octanol–water partition coefficient (Wildman–Crippen LogP) is 3.86. The Morgan fingerprint density at radius 2 is 1.56 bits per heavy atom. The third kappa shape index (κ3) is 4.52. The van der Waals surface area contributed by atoms with Crippen molar-refractivity contribution in [2.75, 3.05) is 0 Å². The van der Waals surface area contributed by atoms with E-state index in [1.54, 1.807) is 42.5 Å². The molecule has 6 rings (SSSR count). The summed E-state index contributed by atoms with van der Waals surface area (Å²) in [5.41, 5.74) is 4.09. The van der Waals surface area contributed by atoms with Crippen LogP contribution in [0.4, 0.5) is 0 Å². The Labute approximate surface area is 226 Å². The molecule has 3 heterocycles. The molecule has 0 aliphatic heterocycles. The fourth-order valence-corrected chi connectivity index (χ4v) is 8.20.